The van der Waals surface area contributed by atoms with Crippen molar-refractivity contribution in [1.29, 1.82) is 0 Å². The van der Waals surface area contributed by atoms with E-state index in [1.54, 1.807) is 13.2 Å². The van der Waals surface area contributed by atoms with Crippen LogP contribution >= 0.6 is 0 Å². The van der Waals surface area contributed by atoms with Crippen molar-refractivity contribution in [2.24, 2.45) is 5.92 Å². The molecule has 3 aromatic heterocycles. The summed E-state index contributed by atoms with van der Waals surface area (Å²) in [5.41, 5.74) is 2.16. The van der Waals surface area contributed by atoms with Crippen molar-refractivity contribution in [3.63, 3.8) is 0 Å². The highest BCUT2D eigenvalue weighted by molar-refractivity contribution is 5.99. The van der Waals surface area contributed by atoms with Gasteiger partial charge in [0.2, 0.25) is 17.7 Å². The van der Waals surface area contributed by atoms with Crippen molar-refractivity contribution in [3.05, 3.63) is 24.7 Å². The van der Waals surface area contributed by atoms with Crippen LogP contribution in [0.4, 0.5) is 5.82 Å². The Kier molecular flexibility index (Phi) is 5.86. The van der Waals surface area contributed by atoms with Gasteiger partial charge in [-0.1, -0.05) is 0 Å². The van der Waals surface area contributed by atoms with E-state index < -0.39 is 0 Å². The second kappa shape index (κ2) is 8.95. The van der Waals surface area contributed by atoms with Gasteiger partial charge in [0.05, 0.1) is 25.7 Å². The highest BCUT2D eigenvalue weighted by Crippen LogP contribution is 2.41. The maximum Gasteiger partial charge on any atom is 0.231 e. The molecular weight excluding hydrogens is 424 g/mol. The van der Waals surface area contributed by atoms with E-state index in [0.29, 0.717) is 35.4 Å². The molecule has 0 spiro atoms. The van der Waals surface area contributed by atoms with Crippen LogP contribution in [0.25, 0.3) is 22.2 Å². The van der Waals surface area contributed by atoms with Crippen molar-refractivity contribution in [1.82, 2.24) is 24.8 Å². The standard InChI is InChI=1S/C23H28N6O4/c1-29(2)8-9-32-17-10-15(17)21(30)28-18-7-6-14-16(11-24-20(14)27-18)19-22(31-3)25-12-26-23(19)33-13-4-5-13/h6-7,11-13,15,17H,4-5,8-10H2,1-3H3,(H2,24,27,28,30). The molecular formula is C23H28N6O4. The lowest BCUT2D eigenvalue weighted by Crippen LogP contribution is -2.21. The van der Waals surface area contributed by atoms with Gasteiger partial charge in [0.1, 0.15) is 29.5 Å². The fourth-order valence-electron chi connectivity index (χ4n) is 3.69. The number of pyridine rings is 1. The molecule has 1 amide bonds. The zero-order valence-corrected chi connectivity index (χ0v) is 19.0. The lowest BCUT2D eigenvalue weighted by molar-refractivity contribution is -0.118. The Hall–Kier alpha value is -3.24. The first-order chi connectivity index (χ1) is 16.0. The molecule has 0 aromatic carbocycles. The van der Waals surface area contributed by atoms with Gasteiger partial charge >= 0.3 is 0 Å². The van der Waals surface area contributed by atoms with Crippen molar-refractivity contribution in [3.8, 4) is 22.9 Å². The van der Waals surface area contributed by atoms with Crippen LogP contribution in [0, 0.1) is 5.92 Å². The Bertz CT molecular complexity index is 1160. The Balaban J connectivity index is 1.32. The van der Waals surface area contributed by atoms with Gasteiger partial charge in [-0.25, -0.2) is 15.0 Å². The second-order valence-electron chi connectivity index (χ2n) is 8.72. The molecule has 33 heavy (non-hydrogen) atoms. The molecule has 2 fully saturated rings. The zero-order chi connectivity index (χ0) is 22.9. The number of H-pyrrole nitrogens is 1. The molecule has 5 rings (SSSR count). The molecule has 3 aromatic rings. The third-order valence-corrected chi connectivity index (χ3v) is 5.77. The van der Waals surface area contributed by atoms with Crippen molar-refractivity contribution < 1.29 is 19.0 Å². The first kappa shape index (κ1) is 21.6. The van der Waals surface area contributed by atoms with Crippen LogP contribution in [0.2, 0.25) is 0 Å². The van der Waals surface area contributed by atoms with Crippen molar-refractivity contribution in [2.75, 3.05) is 39.7 Å². The fraction of sp³-hybridized carbons (Fsp3) is 0.478. The fourth-order valence-corrected chi connectivity index (χ4v) is 3.69. The number of anilines is 1. The van der Waals surface area contributed by atoms with Gasteiger partial charge in [-0.15, -0.1) is 0 Å². The maximum absolute atomic E-state index is 12.6. The smallest absolute Gasteiger partial charge is 0.231 e. The summed E-state index contributed by atoms with van der Waals surface area (Å²) < 4.78 is 17.2. The quantitative estimate of drug-likeness (QED) is 0.482. The number of rotatable bonds is 10. The number of nitrogens with one attached hydrogen (secondary N) is 2. The summed E-state index contributed by atoms with van der Waals surface area (Å²) >= 11 is 0. The summed E-state index contributed by atoms with van der Waals surface area (Å²) in [7, 11) is 5.56. The molecule has 0 aliphatic heterocycles. The van der Waals surface area contributed by atoms with E-state index in [-0.39, 0.29) is 24.0 Å². The molecule has 0 radical (unpaired) electrons. The number of aromatic amines is 1. The highest BCUT2D eigenvalue weighted by Gasteiger charge is 2.44. The van der Waals surface area contributed by atoms with Crippen LogP contribution in [0.1, 0.15) is 19.3 Å². The summed E-state index contributed by atoms with van der Waals surface area (Å²) in [5, 5.41) is 3.77. The third kappa shape index (κ3) is 4.76. The van der Waals surface area contributed by atoms with Crippen LogP contribution in [0.5, 0.6) is 11.8 Å². The van der Waals surface area contributed by atoms with Crippen LogP contribution in [0.3, 0.4) is 0 Å². The SMILES string of the molecule is COc1ncnc(OC2CC2)c1-c1c[nH]c2nc(NC(=O)C3CC3OCCN(C)C)ccc12. The summed E-state index contributed by atoms with van der Waals surface area (Å²) in [6.07, 6.45) is 6.23. The third-order valence-electron chi connectivity index (χ3n) is 5.77. The molecule has 2 N–H and O–H groups in total. The zero-order valence-electron chi connectivity index (χ0n) is 19.0. The Labute approximate surface area is 191 Å². The van der Waals surface area contributed by atoms with Crippen LogP contribution in [-0.4, -0.2) is 77.3 Å². The molecule has 0 saturated heterocycles. The molecule has 2 aliphatic rings. The number of hydrogen-bond acceptors (Lipinski definition) is 8. The Morgan fingerprint density at radius 3 is 2.82 bits per heavy atom. The number of fused-ring (bicyclic) bond motifs is 1. The maximum atomic E-state index is 12.6. The van der Waals surface area contributed by atoms with E-state index in [0.717, 1.165) is 36.8 Å². The van der Waals surface area contributed by atoms with Gasteiger partial charge in [0, 0.05) is 23.7 Å². The highest BCUT2D eigenvalue weighted by atomic mass is 16.5. The molecule has 3 heterocycles. The lowest BCUT2D eigenvalue weighted by Gasteiger charge is -2.12. The van der Waals surface area contributed by atoms with Gasteiger partial charge in [0.15, 0.2) is 0 Å². The predicted octanol–water partition coefficient (Wildman–Crippen LogP) is 2.47. The molecule has 2 atom stereocenters. The molecule has 0 bridgehead atoms. The average Bonchev–Trinajstić information content (AvgIpc) is 3.72. The van der Waals surface area contributed by atoms with E-state index in [1.807, 2.05) is 26.4 Å². The molecule has 174 valence electrons. The Morgan fingerprint density at radius 1 is 1.24 bits per heavy atom. The molecule has 2 unspecified atom stereocenters. The minimum Gasteiger partial charge on any atom is -0.480 e. The first-order valence-corrected chi connectivity index (χ1v) is 11.1. The minimum atomic E-state index is -0.128. The molecule has 10 heteroatoms. The summed E-state index contributed by atoms with van der Waals surface area (Å²) in [5.74, 6) is 1.23. The van der Waals surface area contributed by atoms with E-state index >= 15 is 0 Å². The van der Waals surface area contributed by atoms with Crippen LogP contribution in [0.15, 0.2) is 24.7 Å². The summed E-state index contributed by atoms with van der Waals surface area (Å²) in [6.45, 7) is 1.46. The van der Waals surface area contributed by atoms with Crippen molar-refractivity contribution >= 4 is 22.8 Å². The minimum absolute atomic E-state index is 0.0128. The number of ether oxygens (including phenoxy) is 3. The number of nitrogens with zero attached hydrogens (tertiary/aromatic N) is 4. The lowest BCUT2D eigenvalue weighted by atomic mass is 10.1. The number of hydrogen-bond donors (Lipinski definition) is 2. The van der Waals surface area contributed by atoms with Gasteiger partial charge in [-0.3, -0.25) is 4.79 Å². The Morgan fingerprint density at radius 2 is 2.06 bits per heavy atom. The number of amides is 1. The molecule has 2 aliphatic carbocycles. The van der Waals surface area contributed by atoms with Gasteiger partial charge in [0.25, 0.3) is 0 Å². The summed E-state index contributed by atoms with van der Waals surface area (Å²) in [6, 6.07) is 3.70. The van der Waals surface area contributed by atoms with Gasteiger partial charge < -0.3 is 29.4 Å². The van der Waals surface area contributed by atoms with E-state index in [1.165, 1.54) is 6.33 Å². The average molecular weight is 453 g/mol. The number of carbonyl (C=O) groups excluding carboxylic acids is 1. The van der Waals surface area contributed by atoms with Crippen LogP contribution in [-0.2, 0) is 9.53 Å². The molecule has 10 nitrogen and oxygen atoms in total. The van der Waals surface area contributed by atoms with Gasteiger partial charge in [-0.2, -0.15) is 0 Å². The number of likely N-dealkylation sites (N-methyl/N-ethyl adjacent to an activating group) is 1. The largest absolute Gasteiger partial charge is 0.480 e. The second-order valence-corrected chi connectivity index (χ2v) is 8.72. The van der Waals surface area contributed by atoms with E-state index in [2.05, 4.69) is 30.2 Å². The first-order valence-electron chi connectivity index (χ1n) is 11.1. The number of aromatic nitrogens is 4. The van der Waals surface area contributed by atoms with E-state index in [9.17, 15) is 4.79 Å². The predicted molar refractivity (Wildman–Crippen MR) is 122 cm³/mol. The molecule has 2 saturated carbocycles. The number of methoxy groups -OCH3 is 1. The summed E-state index contributed by atoms with van der Waals surface area (Å²) in [4.78, 5) is 31.0. The van der Waals surface area contributed by atoms with Gasteiger partial charge in [-0.05, 0) is 45.5 Å². The monoisotopic (exact) mass is 452 g/mol. The normalized spacial score (nSPS) is 19.6. The topological polar surface area (TPSA) is 114 Å². The van der Waals surface area contributed by atoms with Crippen LogP contribution < -0.4 is 14.8 Å². The van der Waals surface area contributed by atoms with Crippen molar-refractivity contribution in [2.45, 2.75) is 31.5 Å². The number of carbonyl (C=O) groups is 1. The van der Waals surface area contributed by atoms with E-state index in [4.69, 9.17) is 14.2 Å².